The van der Waals surface area contributed by atoms with Gasteiger partial charge in [-0.15, -0.1) is 0 Å². The number of carbonyl (C=O) groups is 4. The smallest absolute Gasteiger partial charge is 0.321 e. The number of carbonyl (C=O) groups excluding carboxylic acids is 3. The number of esters is 3. The van der Waals surface area contributed by atoms with Gasteiger partial charge in [0, 0.05) is 31.1 Å². The minimum absolute atomic E-state index is 0.0136. The quantitative estimate of drug-likeness (QED) is 0.176. The van der Waals surface area contributed by atoms with E-state index >= 15 is 0 Å². The molecule has 0 aromatic heterocycles. The normalized spacial score (nSPS) is 15.8. The zero-order chi connectivity index (χ0) is 30.6. The summed E-state index contributed by atoms with van der Waals surface area (Å²) in [6.45, 7) is 15.3. The molecule has 1 rings (SSSR count). The lowest BCUT2D eigenvalue weighted by molar-refractivity contribution is -0.151. The summed E-state index contributed by atoms with van der Waals surface area (Å²) in [5.41, 5.74) is 6.61. The summed E-state index contributed by atoms with van der Waals surface area (Å²) >= 11 is 0. The van der Waals surface area contributed by atoms with E-state index in [9.17, 15) is 24.3 Å². The molecule has 0 aliphatic carbocycles. The first kappa shape index (κ1) is 35.1. The lowest BCUT2D eigenvalue weighted by Gasteiger charge is -2.32. The third-order valence-corrected chi connectivity index (χ3v) is 7.45. The molecule has 9 heteroatoms. The van der Waals surface area contributed by atoms with Gasteiger partial charge in [-0.25, -0.2) is 0 Å². The molecule has 1 aromatic rings. The van der Waals surface area contributed by atoms with E-state index in [2.05, 4.69) is 0 Å². The van der Waals surface area contributed by atoms with Crippen molar-refractivity contribution in [3.05, 3.63) is 23.8 Å². The van der Waals surface area contributed by atoms with E-state index in [4.69, 9.17) is 19.9 Å². The predicted octanol–water partition coefficient (Wildman–Crippen LogP) is 5.87. The number of carboxylic acids is 1. The summed E-state index contributed by atoms with van der Waals surface area (Å²) < 4.78 is 16.8. The Bertz CT molecular complexity index is 992. The summed E-state index contributed by atoms with van der Waals surface area (Å²) in [5.74, 6) is -3.23. The van der Waals surface area contributed by atoms with E-state index < -0.39 is 41.9 Å². The van der Waals surface area contributed by atoms with Gasteiger partial charge in [0.25, 0.3) is 0 Å². The van der Waals surface area contributed by atoms with Crippen LogP contribution in [0.2, 0.25) is 0 Å². The van der Waals surface area contributed by atoms with Crippen molar-refractivity contribution in [2.45, 2.75) is 112 Å². The molecule has 0 fully saturated rings. The van der Waals surface area contributed by atoms with E-state index in [1.54, 1.807) is 19.9 Å². The Morgan fingerprint density at radius 1 is 0.825 bits per heavy atom. The Labute approximate surface area is 239 Å². The zero-order valence-electron chi connectivity index (χ0n) is 25.4. The molecule has 1 aromatic carbocycles. The second-order valence-electron chi connectivity index (χ2n) is 11.5. The van der Waals surface area contributed by atoms with Gasteiger partial charge in [0.1, 0.15) is 12.1 Å². The Balaban J connectivity index is 3.41. The molecule has 0 saturated heterocycles. The SMILES string of the molecule is CCC(C)CC(=O)Oc1ccc(C(C(C)C(C)OC(=O)CCC(C)C)[C@H](N)C(=O)O)cc1OC(=O)CC(C)CC. The van der Waals surface area contributed by atoms with Gasteiger partial charge in [-0.2, -0.15) is 0 Å². The molecule has 40 heavy (non-hydrogen) atoms. The third kappa shape index (κ3) is 11.7. The largest absolute Gasteiger partial charge is 0.480 e. The molecule has 0 bridgehead atoms. The Morgan fingerprint density at radius 3 is 1.82 bits per heavy atom. The molecule has 0 spiro atoms. The summed E-state index contributed by atoms with van der Waals surface area (Å²) in [6.07, 6.45) is 2.25. The number of benzene rings is 1. The van der Waals surface area contributed by atoms with Gasteiger partial charge in [0.05, 0.1) is 0 Å². The van der Waals surface area contributed by atoms with Crippen LogP contribution in [0.15, 0.2) is 18.2 Å². The van der Waals surface area contributed by atoms with Crippen LogP contribution in [0.4, 0.5) is 0 Å². The number of ether oxygens (including phenoxy) is 3. The van der Waals surface area contributed by atoms with Crippen LogP contribution in [0.3, 0.4) is 0 Å². The molecule has 0 aliphatic heterocycles. The molecule has 0 heterocycles. The number of aliphatic carboxylic acids is 1. The average Bonchev–Trinajstić information content (AvgIpc) is 2.88. The molecule has 0 saturated carbocycles. The highest BCUT2D eigenvalue weighted by molar-refractivity contribution is 5.77. The van der Waals surface area contributed by atoms with Crippen molar-refractivity contribution in [3.8, 4) is 11.5 Å². The zero-order valence-corrected chi connectivity index (χ0v) is 25.4. The maximum absolute atomic E-state index is 12.7. The first-order valence-corrected chi connectivity index (χ1v) is 14.4. The van der Waals surface area contributed by atoms with Gasteiger partial charge < -0.3 is 25.1 Å². The minimum Gasteiger partial charge on any atom is -0.480 e. The van der Waals surface area contributed by atoms with Crippen LogP contribution in [0.5, 0.6) is 11.5 Å². The van der Waals surface area contributed by atoms with Gasteiger partial charge in [0.15, 0.2) is 11.5 Å². The second kappa shape index (κ2) is 17.0. The molecule has 0 aliphatic rings. The van der Waals surface area contributed by atoms with Gasteiger partial charge in [-0.3, -0.25) is 19.2 Å². The van der Waals surface area contributed by atoms with Crippen molar-refractivity contribution in [1.29, 1.82) is 0 Å². The van der Waals surface area contributed by atoms with Crippen molar-refractivity contribution in [1.82, 2.24) is 0 Å². The molecule has 5 unspecified atom stereocenters. The van der Waals surface area contributed by atoms with Crippen LogP contribution in [0.25, 0.3) is 0 Å². The van der Waals surface area contributed by atoms with Crippen molar-refractivity contribution in [2.75, 3.05) is 0 Å². The van der Waals surface area contributed by atoms with Crippen molar-refractivity contribution in [3.63, 3.8) is 0 Å². The van der Waals surface area contributed by atoms with Crippen molar-refractivity contribution in [2.24, 2.45) is 29.4 Å². The van der Waals surface area contributed by atoms with Crippen LogP contribution < -0.4 is 15.2 Å². The Morgan fingerprint density at radius 2 is 1.35 bits per heavy atom. The van der Waals surface area contributed by atoms with Gasteiger partial charge in [0.2, 0.25) is 0 Å². The van der Waals surface area contributed by atoms with Crippen LogP contribution >= 0.6 is 0 Å². The Kier molecular flexibility index (Phi) is 14.9. The molecule has 226 valence electrons. The summed E-state index contributed by atoms with van der Waals surface area (Å²) in [6, 6.07) is 3.25. The van der Waals surface area contributed by atoms with E-state index in [0.717, 1.165) is 12.8 Å². The second-order valence-corrected chi connectivity index (χ2v) is 11.5. The van der Waals surface area contributed by atoms with E-state index in [1.807, 2.05) is 41.5 Å². The minimum atomic E-state index is -1.34. The number of rotatable bonds is 17. The maximum Gasteiger partial charge on any atom is 0.321 e. The van der Waals surface area contributed by atoms with Crippen molar-refractivity contribution >= 4 is 23.9 Å². The van der Waals surface area contributed by atoms with Crippen molar-refractivity contribution < 1.29 is 38.5 Å². The number of hydrogen-bond donors (Lipinski definition) is 2. The van der Waals surface area contributed by atoms with Gasteiger partial charge in [-0.05, 0) is 48.8 Å². The van der Waals surface area contributed by atoms with Gasteiger partial charge in [-0.1, -0.05) is 67.4 Å². The van der Waals surface area contributed by atoms with Crippen LogP contribution in [-0.4, -0.2) is 41.1 Å². The fourth-order valence-electron chi connectivity index (χ4n) is 4.15. The molecule has 9 nitrogen and oxygen atoms in total. The lowest BCUT2D eigenvalue weighted by atomic mass is 9.79. The molecule has 3 N–H and O–H groups in total. The molecule has 6 atom stereocenters. The number of nitrogens with two attached hydrogens (primary N) is 1. The highest BCUT2D eigenvalue weighted by atomic mass is 16.6. The lowest BCUT2D eigenvalue weighted by Crippen LogP contribution is -2.42. The molecular weight excluding hydrogens is 514 g/mol. The predicted molar refractivity (Wildman–Crippen MR) is 153 cm³/mol. The molecular formula is C31H49NO8. The topological polar surface area (TPSA) is 142 Å². The van der Waals surface area contributed by atoms with Crippen LogP contribution in [0.1, 0.15) is 105 Å². The van der Waals surface area contributed by atoms with Gasteiger partial charge >= 0.3 is 23.9 Å². The maximum atomic E-state index is 12.7. The number of carboxylic acid groups (broad SMARTS) is 1. The van der Waals surface area contributed by atoms with E-state index in [1.165, 1.54) is 12.1 Å². The van der Waals surface area contributed by atoms with E-state index in [-0.39, 0.29) is 48.6 Å². The standard InChI is InChI=1S/C31H49NO8/c1-9-19(5)15-27(34)39-24-13-12-23(17-25(24)40-28(35)16-20(6)10-2)29(30(32)31(36)37)21(7)22(8)38-26(33)14-11-18(3)4/h12-13,17-22,29-30H,9-11,14-16,32H2,1-8H3,(H,36,37)/t19?,20?,21?,22?,29?,30-/m0/s1. The Hall–Kier alpha value is -2.94. The average molecular weight is 564 g/mol. The highest BCUT2D eigenvalue weighted by Crippen LogP contribution is 2.37. The summed E-state index contributed by atoms with van der Waals surface area (Å²) in [4.78, 5) is 49.6. The third-order valence-electron chi connectivity index (χ3n) is 7.45. The number of hydrogen-bond acceptors (Lipinski definition) is 8. The first-order chi connectivity index (χ1) is 18.7. The monoisotopic (exact) mass is 563 g/mol. The van der Waals surface area contributed by atoms with E-state index in [0.29, 0.717) is 17.9 Å². The van der Waals surface area contributed by atoms with Crippen LogP contribution in [-0.2, 0) is 23.9 Å². The first-order valence-electron chi connectivity index (χ1n) is 14.4. The summed E-state index contributed by atoms with van der Waals surface area (Å²) in [7, 11) is 0. The molecule has 0 radical (unpaired) electrons. The highest BCUT2D eigenvalue weighted by Gasteiger charge is 2.36. The summed E-state index contributed by atoms with van der Waals surface area (Å²) in [5, 5.41) is 9.81. The fraction of sp³-hybridized carbons (Fsp3) is 0.677. The van der Waals surface area contributed by atoms with Crippen LogP contribution in [0, 0.1) is 23.7 Å². The fourth-order valence-corrected chi connectivity index (χ4v) is 4.15. The molecule has 0 amide bonds.